The average molecular weight is 157 g/mol. The van der Waals surface area contributed by atoms with Crippen LogP contribution in [0, 0.1) is 0 Å². The van der Waals surface area contributed by atoms with Gasteiger partial charge in [0.1, 0.15) is 5.25 Å². The second kappa shape index (κ2) is 2.88. The lowest BCUT2D eigenvalue weighted by atomic mass is 10.3. The van der Waals surface area contributed by atoms with Gasteiger partial charge in [-0.2, -0.15) is 0 Å². The Balaban J connectivity index is 2.71. The van der Waals surface area contributed by atoms with Gasteiger partial charge in [-0.25, -0.2) is 0 Å². The predicted octanol–water partition coefficient (Wildman–Crippen LogP) is -0.0694. The zero-order valence-electron chi connectivity index (χ0n) is 5.46. The maximum absolute atomic E-state index is 10.8. The molecule has 0 aromatic rings. The number of hydrogen-bond acceptors (Lipinski definition) is 3. The third kappa shape index (κ3) is 1.39. The molecule has 0 bridgehead atoms. The molecule has 54 valence electrons. The number of imide groups is 1. The molecule has 1 heterocycles. The molecule has 1 unspecified atom stereocenters. The average Bonchev–Trinajstić information content (AvgIpc) is 1.88. The van der Waals surface area contributed by atoms with Gasteiger partial charge < -0.3 is 0 Å². The molecular weight excluding hydrogens is 150 g/mol. The number of nitrogens with one attached hydrogen (secondary N) is 1. The third-order valence-electron chi connectivity index (χ3n) is 1.18. The Morgan fingerprint density at radius 2 is 2.30 bits per heavy atom. The highest BCUT2D eigenvalue weighted by Crippen LogP contribution is 2.10. The Kier molecular flexibility index (Phi) is 2.11. The molecule has 10 heavy (non-hydrogen) atoms. The molecule has 2 amide bonds. The summed E-state index contributed by atoms with van der Waals surface area (Å²) in [5.41, 5.74) is 0. The number of carbonyl (C=O) groups excluding carboxylic acids is 2. The summed E-state index contributed by atoms with van der Waals surface area (Å²) in [5, 5.41) is 2.00. The molecule has 4 heteroatoms. The molecule has 1 aliphatic rings. The summed E-state index contributed by atoms with van der Waals surface area (Å²) in [6, 6.07) is 0. The van der Waals surface area contributed by atoms with Gasteiger partial charge in [-0.15, -0.1) is 11.8 Å². The van der Waals surface area contributed by atoms with Crippen molar-refractivity contribution in [1.82, 2.24) is 5.32 Å². The van der Waals surface area contributed by atoms with Crippen molar-refractivity contribution in [3.8, 4) is 0 Å². The molecule has 0 radical (unpaired) electrons. The number of amides is 2. The fourth-order valence-corrected chi connectivity index (χ4v) is 1.19. The van der Waals surface area contributed by atoms with Gasteiger partial charge in [-0.3, -0.25) is 14.9 Å². The van der Waals surface area contributed by atoms with Crippen LogP contribution in [-0.2, 0) is 9.59 Å². The summed E-state index contributed by atoms with van der Waals surface area (Å²) in [4.78, 5) is 21.3. The van der Waals surface area contributed by atoms with E-state index in [1.807, 2.05) is 6.26 Å². The molecule has 0 aromatic carbocycles. The fourth-order valence-electron chi connectivity index (χ4n) is 0.682. The van der Waals surface area contributed by atoms with Crippen molar-refractivity contribution in [2.24, 2.45) is 0 Å². The first-order valence-corrected chi connectivity index (χ1v) is 4.08. The number of hydrogen-bond donors (Lipinski definition) is 1. The second-order valence-corrected chi connectivity index (χ2v) is 2.85. The second-order valence-electron chi connectivity index (χ2n) is 1.87. The summed E-state index contributed by atoms with van der Waals surface area (Å²) in [6.07, 6.45) is 4.80. The first kappa shape index (κ1) is 7.34. The molecular formula is C6H7NO2S. The van der Waals surface area contributed by atoms with Crippen molar-refractivity contribution in [1.29, 1.82) is 0 Å². The lowest BCUT2D eigenvalue weighted by Gasteiger charge is -2.12. The van der Waals surface area contributed by atoms with Crippen LogP contribution in [0.25, 0.3) is 0 Å². The van der Waals surface area contributed by atoms with Gasteiger partial charge >= 0.3 is 0 Å². The molecule has 1 atom stereocenters. The first-order valence-electron chi connectivity index (χ1n) is 2.80. The molecule has 0 saturated carbocycles. The highest BCUT2D eigenvalue weighted by Gasteiger charge is 2.19. The van der Waals surface area contributed by atoms with E-state index < -0.39 is 0 Å². The molecule has 3 nitrogen and oxygen atoms in total. The summed E-state index contributed by atoms with van der Waals surface area (Å²) >= 11 is 1.40. The van der Waals surface area contributed by atoms with E-state index in [1.165, 1.54) is 17.8 Å². The van der Waals surface area contributed by atoms with Crippen LogP contribution in [0.3, 0.4) is 0 Å². The van der Waals surface area contributed by atoms with Crippen LogP contribution >= 0.6 is 11.8 Å². The number of carbonyl (C=O) groups is 2. The number of thioether (sulfide) groups is 1. The SMILES string of the molecule is CSC1C=CC(=O)NC1=O. The van der Waals surface area contributed by atoms with E-state index in [4.69, 9.17) is 0 Å². The minimum Gasteiger partial charge on any atom is -0.292 e. The van der Waals surface area contributed by atoms with E-state index in [2.05, 4.69) is 5.32 Å². The minimum atomic E-state index is -0.324. The Labute approximate surface area is 62.9 Å². The van der Waals surface area contributed by atoms with Crippen LogP contribution in [0.1, 0.15) is 0 Å². The molecule has 0 aliphatic carbocycles. The van der Waals surface area contributed by atoms with Gasteiger partial charge in [0.25, 0.3) is 0 Å². The van der Waals surface area contributed by atoms with Gasteiger partial charge in [0.2, 0.25) is 11.8 Å². The Morgan fingerprint density at radius 3 is 2.80 bits per heavy atom. The van der Waals surface area contributed by atoms with Crippen molar-refractivity contribution in [2.75, 3.05) is 6.26 Å². The van der Waals surface area contributed by atoms with E-state index >= 15 is 0 Å². The molecule has 0 aromatic heterocycles. The maximum atomic E-state index is 10.8. The highest BCUT2D eigenvalue weighted by molar-refractivity contribution is 8.00. The van der Waals surface area contributed by atoms with Crippen molar-refractivity contribution < 1.29 is 9.59 Å². The van der Waals surface area contributed by atoms with Gasteiger partial charge in [0.15, 0.2) is 0 Å². The van der Waals surface area contributed by atoms with Crippen LogP contribution in [0.4, 0.5) is 0 Å². The van der Waals surface area contributed by atoms with Crippen LogP contribution in [0.2, 0.25) is 0 Å². The monoisotopic (exact) mass is 157 g/mol. The Bertz CT molecular complexity index is 200. The van der Waals surface area contributed by atoms with E-state index in [-0.39, 0.29) is 17.1 Å². The molecule has 0 spiro atoms. The van der Waals surface area contributed by atoms with Gasteiger partial charge in [-0.05, 0) is 6.26 Å². The molecule has 0 fully saturated rings. The van der Waals surface area contributed by atoms with Gasteiger partial charge in [0.05, 0.1) is 0 Å². The van der Waals surface area contributed by atoms with E-state index in [0.717, 1.165) is 0 Å². The summed E-state index contributed by atoms with van der Waals surface area (Å²) in [6.45, 7) is 0. The third-order valence-corrected chi connectivity index (χ3v) is 2.06. The van der Waals surface area contributed by atoms with Crippen molar-refractivity contribution in [3.05, 3.63) is 12.2 Å². The van der Waals surface area contributed by atoms with Crippen molar-refractivity contribution >= 4 is 23.6 Å². The van der Waals surface area contributed by atoms with Crippen LogP contribution in [0.5, 0.6) is 0 Å². The summed E-state index contributed by atoms with van der Waals surface area (Å²) in [7, 11) is 0. The number of rotatable bonds is 1. The Morgan fingerprint density at radius 1 is 1.60 bits per heavy atom. The lowest BCUT2D eigenvalue weighted by molar-refractivity contribution is -0.127. The van der Waals surface area contributed by atoms with Crippen LogP contribution in [-0.4, -0.2) is 23.3 Å². The Hall–Kier alpha value is -0.770. The zero-order valence-corrected chi connectivity index (χ0v) is 6.27. The molecule has 1 rings (SSSR count). The lowest BCUT2D eigenvalue weighted by Crippen LogP contribution is -2.38. The topological polar surface area (TPSA) is 46.2 Å². The first-order chi connectivity index (χ1) is 4.74. The van der Waals surface area contributed by atoms with E-state index in [1.54, 1.807) is 6.08 Å². The van der Waals surface area contributed by atoms with Crippen LogP contribution < -0.4 is 5.32 Å². The fraction of sp³-hybridized carbons (Fsp3) is 0.333. The van der Waals surface area contributed by atoms with Gasteiger partial charge in [0, 0.05) is 6.08 Å². The standard InChI is InChI=1S/C6H7NO2S/c1-10-4-2-3-5(8)7-6(4)9/h2-4H,1H3,(H,7,8,9). The van der Waals surface area contributed by atoms with E-state index in [0.29, 0.717) is 0 Å². The predicted molar refractivity (Wildman–Crippen MR) is 39.6 cm³/mol. The summed E-state index contributed by atoms with van der Waals surface area (Å²) in [5.74, 6) is -0.546. The largest absolute Gasteiger partial charge is 0.292 e. The van der Waals surface area contributed by atoms with Gasteiger partial charge in [-0.1, -0.05) is 6.08 Å². The van der Waals surface area contributed by atoms with Crippen molar-refractivity contribution in [3.63, 3.8) is 0 Å². The highest BCUT2D eigenvalue weighted by atomic mass is 32.2. The van der Waals surface area contributed by atoms with E-state index in [9.17, 15) is 9.59 Å². The minimum absolute atomic E-state index is 0.197. The van der Waals surface area contributed by atoms with Crippen molar-refractivity contribution in [2.45, 2.75) is 5.25 Å². The quantitative estimate of drug-likeness (QED) is 0.542. The zero-order chi connectivity index (χ0) is 7.56. The molecule has 0 saturated heterocycles. The maximum Gasteiger partial charge on any atom is 0.250 e. The smallest absolute Gasteiger partial charge is 0.250 e. The summed E-state index contributed by atoms with van der Waals surface area (Å²) < 4.78 is 0. The van der Waals surface area contributed by atoms with Crippen LogP contribution in [0.15, 0.2) is 12.2 Å². The molecule has 1 aliphatic heterocycles. The molecule has 1 N–H and O–H groups in total. The normalized spacial score (nSPS) is 24.7.